The zero-order valence-electron chi connectivity index (χ0n) is 19.7. The maximum Gasteiger partial charge on any atom is 0.421 e. The van der Waals surface area contributed by atoms with E-state index in [2.05, 4.69) is 4.98 Å². The molecule has 0 spiro atoms. The number of nitrogens with zero attached hydrogens (tertiary/aromatic N) is 2. The van der Waals surface area contributed by atoms with Gasteiger partial charge in [-0.3, -0.25) is 4.79 Å². The zero-order valence-corrected chi connectivity index (χ0v) is 19.7. The first-order valence-electron chi connectivity index (χ1n) is 11.1. The van der Waals surface area contributed by atoms with E-state index in [1.165, 1.54) is 61.2 Å². The highest BCUT2D eigenvalue weighted by molar-refractivity contribution is 6.01. The number of rotatable bonds is 7. The van der Waals surface area contributed by atoms with Crippen LogP contribution in [-0.2, 0) is 12.1 Å². The molecule has 4 aromatic rings. The Bertz CT molecular complexity index is 1500. The molecule has 11 heteroatoms. The molecule has 1 amide bonds. The van der Waals surface area contributed by atoms with Crippen LogP contribution in [0.3, 0.4) is 0 Å². The van der Waals surface area contributed by atoms with Gasteiger partial charge in [-0.2, -0.15) is 13.2 Å². The number of nitrogens with two attached hydrogens (primary N) is 1. The van der Waals surface area contributed by atoms with Gasteiger partial charge in [-0.15, -0.1) is 0 Å². The first-order chi connectivity index (χ1) is 17.4. The van der Waals surface area contributed by atoms with Gasteiger partial charge in [-0.1, -0.05) is 25.1 Å². The molecule has 2 heterocycles. The lowest BCUT2D eigenvalue weighted by atomic mass is 9.93. The van der Waals surface area contributed by atoms with Crippen molar-refractivity contribution in [3.05, 3.63) is 83.3 Å². The number of aromatic nitrogens is 2. The number of hydrogen-bond acceptors (Lipinski definition) is 4. The van der Waals surface area contributed by atoms with Crippen molar-refractivity contribution < 1.29 is 36.6 Å². The molecule has 0 aliphatic heterocycles. The molecule has 0 aliphatic rings. The van der Waals surface area contributed by atoms with Crippen LogP contribution in [0.25, 0.3) is 22.0 Å². The Kier molecular flexibility index (Phi) is 6.68. The summed E-state index contributed by atoms with van der Waals surface area (Å²) in [5.41, 5.74) is 2.19. The van der Waals surface area contributed by atoms with Crippen LogP contribution in [0, 0.1) is 11.6 Å². The van der Waals surface area contributed by atoms with E-state index in [0.29, 0.717) is 11.1 Å². The van der Waals surface area contributed by atoms with Crippen molar-refractivity contribution >= 4 is 16.8 Å². The predicted octanol–water partition coefficient (Wildman–Crippen LogP) is 5.30. The molecular formula is C26H22F5N3O3. The number of aliphatic hydroxyl groups is 1. The summed E-state index contributed by atoms with van der Waals surface area (Å²) < 4.78 is 76.5. The number of carbonyl (C=O) groups excluding carboxylic acids is 1. The van der Waals surface area contributed by atoms with Crippen molar-refractivity contribution in [1.29, 1.82) is 0 Å². The molecule has 0 bridgehead atoms. The summed E-state index contributed by atoms with van der Waals surface area (Å²) >= 11 is 0. The third-order valence-corrected chi connectivity index (χ3v) is 6.28. The molecule has 0 fully saturated rings. The smallest absolute Gasteiger partial charge is 0.421 e. The van der Waals surface area contributed by atoms with Gasteiger partial charge in [-0.05, 0) is 41.8 Å². The molecule has 3 N–H and O–H groups in total. The highest BCUT2D eigenvalue weighted by Gasteiger charge is 2.53. The second kappa shape index (κ2) is 9.47. The maximum absolute atomic E-state index is 15.6. The second-order valence-corrected chi connectivity index (χ2v) is 8.49. The van der Waals surface area contributed by atoms with Crippen LogP contribution >= 0.6 is 0 Å². The highest BCUT2D eigenvalue weighted by atomic mass is 19.4. The van der Waals surface area contributed by atoms with E-state index in [0.717, 1.165) is 12.3 Å². The zero-order chi connectivity index (χ0) is 27.1. The van der Waals surface area contributed by atoms with Crippen LogP contribution in [-0.4, -0.2) is 33.9 Å². The number of ether oxygens (including phenoxy) is 1. The average molecular weight is 519 g/mol. The van der Waals surface area contributed by atoms with Gasteiger partial charge >= 0.3 is 6.18 Å². The Morgan fingerprint density at radius 2 is 1.86 bits per heavy atom. The number of fused-ring (bicyclic) bond motifs is 1. The standard InChI is InChI=1S/C26H22F5N3O3/c1-3-25(36,26(29,30)31)16-8-9-34(13-16)12-15-4-6-17-18(14-5-7-21(37-2)19(27)10-14)11-20(24(32)35)33-23(17)22(15)28/h4-11,13,36H,3,12H2,1-2H3,(H2,32,35). The summed E-state index contributed by atoms with van der Waals surface area (Å²) in [6, 6.07) is 9.47. The molecule has 2 aromatic carbocycles. The van der Waals surface area contributed by atoms with Gasteiger partial charge in [0.1, 0.15) is 11.2 Å². The highest BCUT2D eigenvalue weighted by Crippen LogP contribution is 2.41. The van der Waals surface area contributed by atoms with Crippen LogP contribution in [0.4, 0.5) is 22.0 Å². The SMILES string of the molecule is CCC(O)(c1ccn(Cc2ccc3c(-c4ccc(OC)c(F)c4)cc(C(N)=O)nc3c2F)c1)C(F)(F)F. The van der Waals surface area contributed by atoms with Gasteiger partial charge in [0.15, 0.2) is 23.0 Å². The van der Waals surface area contributed by atoms with Crippen molar-refractivity contribution in [2.24, 2.45) is 5.73 Å². The van der Waals surface area contributed by atoms with Crippen LogP contribution < -0.4 is 10.5 Å². The van der Waals surface area contributed by atoms with Gasteiger partial charge in [0.25, 0.3) is 5.91 Å². The summed E-state index contributed by atoms with van der Waals surface area (Å²) in [7, 11) is 1.31. The lowest BCUT2D eigenvalue weighted by Crippen LogP contribution is -2.41. The van der Waals surface area contributed by atoms with E-state index in [9.17, 15) is 27.5 Å². The average Bonchev–Trinajstić information content (AvgIpc) is 3.32. The Hall–Kier alpha value is -3.99. The molecule has 2 aromatic heterocycles. The molecule has 4 rings (SSSR count). The van der Waals surface area contributed by atoms with Crippen molar-refractivity contribution in [2.75, 3.05) is 7.11 Å². The summed E-state index contributed by atoms with van der Waals surface area (Å²) in [5, 5.41) is 10.4. The third-order valence-electron chi connectivity index (χ3n) is 6.28. The molecule has 0 saturated heterocycles. The minimum absolute atomic E-state index is 0.00251. The number of amides is 1. The van der Waals surface area contributed by atoms with Gasteiger partial charge in [0.05, 0.1) is 7.11 Å². The van der Waals surface area contributed by atoms with Gasteiger partial charge in [0, 0.05) is 35.5 Å². The molecule has 0 aliphatic carbocycles. The van der Waals surface area contributed by atoms with Crippen LogP contribution in [0.1, 0.15) is 35.0 Å². The van der Waals surface area contributed by atoms with Crippen LogP contribution in [0.2, 0.25) is 0 Å². The summed E-state index contributed by atoms with van der Waals surface area (Å²) in [4.78, 5) is 16.0. The first kappa shape index (κ1) is 26.1. The number of pyridine rings is 1. The largest absolute Gasteiger partial charge is 0.494 e. The van der Waals surface area contributed by atoms with E-state index >= 15 is 4.39 Å². The van der Waals surface area contributed by atoms with Crippen molar-refractivity contribution in [3.63, 3.8) is 0 Å². The minimum Gasteiger partial charge on any atom is -0.494 e. The van der Waals surface area contributed by atoms with Crippen molar-refractivity contribution in [3.8, 4) is 16.9 Å². The summed E-state index contributed by atoms with van der Waals surface area (Å²) in [5.74, 6) is -2.43. The Morgan fingerprint density at radius 3 is 2.46 bits per heavy atom. The number of hydrogen-bond donors (Lipinski definition) is 2. The van der Waals surface area contributed by atoms with Gasteiger partial charge < -0.3 is 20.1 Å². The fourth-order valence-corrected chi connectivity index (χ4v) is 4.17. The quantitative estimate of drug-likeness (QED) is 0.325. The topological polar surface area (TPSA) is 90.4 Å². The van der Waals surface area contributed by atoms with E-state index in [1.54, 1.807) is 0 Å². The van der Waals surface area contributed by atoms with Crippen molar-refractivity contribution in [1.82, 2.24) is 9.55 Å². The molecule has 37 heavy (non-hydrogen) atoms. The number of halogens is 5. The molecular weight excluding hydrogens is 497 g/mol. The maximum atomic E-state index is 15.6. The molecule has 194 valence electrons. The van der Waals surface area contributed by atoms with Gasteiger partial charge in [0.2, 0.25) is 0 Å². The number of benzene rings is 2. The van der Waals surface area contributed by atoms with Gasteiger partial charge in [-0.25, -0.2) is 13.8 Å². The number of methoxy groups -OCH3 is 1. The fraction of sp³-hybridized carbons (Fsp3) is 0.231. The molecule has 0 saturated carbocycles. The molecule has 0 radical (unpaired) electrons. The fourth-order valence-electron chi connectivity index (χ4n) is 4.17. The minimum atomic E-state index is -4.89. The number of primary amides is 1. The Labute approximate surface area is 208 Å². The summed E-state index contributed by atoms with van der Waals surface area (Å²) in [6.07, 6.45) is -3.10. The number of carbonyl (C=O) groups is 1. The van der Waals surface area contributed by atoms with Crippen molar-refractivity contribution in [2.45, 2.75) is 31.7 Å². The second-order valence-electron chi connectivity index (χ2n) is 8.49. The predicted molar refractivity (Wildman–Crippen MR) is 126 cm³/mol. The molecule has 1 unspecified atom stereocenters. The molecule has 6 nitrogen and oxygen atoms in total. The van der Waals surface area contributed by atoms with Crippen LogP contribution in [0.5, 0.6) is 5.75 Å². The van der Waals surface area contributed by atoms with E-state index in [1.807, 2.05) is 0 Å². The molecule has 1 atom stereocenters. The monoisotopic (exact) mass is 519 g/mol. The normalized spacial score (nSPS) is 13.5. The van der Waals surface area contributed by atoms with E-state index < -0.39 is 35.7 Å². The lowest BCUT2D eigenvalue weighted by molar-refractivity contribution is -0.267. The Morgan fingerprint density at radius 1 is 1.14 bits per heavy atom. The first-order valence-corrected chi connectivity index (χ1v) is 11.1. The lowest BCUT2D eigenvalue weighted by Gasteiger charge is -2.28. The van der Waals surface area contributed by atoms with E-state index in [4.69, 9.17) is 10.5 Å². The summed E-state index contributed by atoms with van der Waals surface area (Å²) in [6.45, 7) is 1.02. The Balaban J connectivity index is 1.80. The van der Waals surface area contributed by atoms with E-state index in [-0.39, 0.29) is 40.0 Å². The van der Waals surface area contributed by atoms with Crippen LogP contribution in [0.15, 0.2) is 54.9 Å². The third kappa shape index (κ3) is 4.62. The number of alkyl halides is 3.